The van der Waals surface area contributed by atoms with Crippen molar-refractivity contribution in [3.05, 3.63) is 66.6 Å². The van der Waals surface area contributed by atoms with Crippen LogP contribution < -0.4 is 15.4 Å². The monoisotopic (exact) mass is 524 g/mol. The first-order valence-electron chi connectivity index (χ1n) is 10.3. The fourth-order valence-corrected chi connectivity index (χ4v) is 3.61. The Morgan fingerprint density at radius 2 is 2.10 bits per heavy atom. The summed E-state index contributed by atoms with van der Waals surface area (Å²) in [6, 6.07) is 12.5. The predicted molar refractivity (Wildman–Crippen MR) is 133 cm³/mol. The first-order valence-corrected chi connectivity index (χ1v) is 10.3. The molecule has 1 saturated heterocycles. The van der Waals surface area contributed by atoms with Gasteiger partial charge in [-0.1, -0.05) is 18.2 Å². The fraction of sp³-hybridized carbons (Fsp3) is 0.435. The maximum absolute atomic E-state index is 5.44. The molecule has 1 aliphatic rings. The second kappa shape index (κ2) is 13.3. The topological polar surface area (TPSA) is 62.0 Å². The molecule has 0 amide bonds. The molecule has 6 nitrogen and oxygen atoms in total. The van der Waals surface area contributed by atoms with E-state index in [4.69, 9.17) is 14.1 Å². The van der Waals surface area contributed by atoms with Gasteiger partial charge in [-0.3, -0.25) is 9.89 Å². The summed E-state index contributed by atoms with van der Waals surface area (Å²) in [7, 11) is 1.71. The lowest BCUT2D eigenvalue weighted by Crippen LogP contribution is -2.39. The molecular weight excluding hydrogens is 491 g/mol. The van der Waals surface area contributed by atoms with Crippen LogP contribution in [-0.4, -0.2) is 50.7 Å². The Morgan fingerprint density at radius 3 is 2.80 bits per heavy atom. The SMILES string of the molecule is C=CCNC(=NCC(c1cccc(OC)c1)N1CCCC1)NCCc1ccco1.I. The van der Waals surface area contributed by atoms with E-state index in [-0.39, 0.29) is 30.0 Å². The van der Waals surface area contributed by atoms with Crippen LogP contribution >= 0.6 is 24.0 Å². The lowest BCUT2D eigenvalue weighted by Gasteiger charge is -2.27. The lowest BCUT2D eigenvalue weighted by atomic mass is 10.1. The second-order valence-electron chi connectivity index (χ2n) is 7.15. The highest BCUT2D eigenvalue weighted by Gasteiger charge is 2.23. The van der Waals surface area contributed by atoms with Crippen LogP contribution in [0.5, 0.6) is 5.75 Å². The number of methoxy groups -OCH3 is 1. The van der Waals surface area contributed by atoms with E-state index >= 15 is 0 Å². The van der Waals surface area contributed by atoms with Gasteiger partial charge in [-0.15, -0.1) is 30.6 Å². The van der Waals surface area contributed by atoms with Crippen molar-refractivity contribution >= 4 is 29.9 Å². The number of benzene rings is 1. The van der Waals surface area contributed by atoms with Gasteiger partial charge in [-0.05, 0) is 55.8 Å². The first-order chi connectivity index (χ1) is 14.3. The number of rotatable bonds is 10. The maximum atomic E-state index is 5.44. The summed E-state index contributed by atoms with van der Waals surface area (Å²) in [6.07, 6.45) is 6.84. The number of furan rings is 1. The van der Waals surface area contributed by atoms with Gasteiger partial charge in [0, 0.05) is 19.5 Å². The molecule has 1 unspecified atom stereocenters. The van der Waals surface area contributed by atoms with Crippen LogP contribution in [-0.2, 0) is 6.42 Å². The molecule has 0 saturated carbocycles. The highest BCUT2D eigenvalue weighted by atomic mass is 127. The van der Waals surface area contributed by atoms with E-state index in [2.05, 4.69) is 40.3 Å². The summed E-state index contributed by atoms with van der Waals surface area (Å²) in [5.41, 5.74) is 1.24. The number of aliphatic imine (C=N–C) groups is 1. The summed E-state index contributed by atoms with van der Waals surface area (Å²) in [5.74, 6) is 2.65. The van der Waals surface area contributed by atoms with Crippen molar-refractivity contribution in [1.29, 1.82) is 0 Å². The van der Waals surface area contributed by atoms with Gasteiger partial charge < -0.3 is 19.8 Å². The molecule has 0 bridgehead atoms. The van der Waals surface area contributed by atoms with Crippen LogP contribution in [0.15, 0.2) is 64.7 Å². The average Bonchev–Trinajstić information content (AvgIpc) is 3.46. The zero-order valence-corrected chi connectivity index (χ0v) is 20.0. The van der Waals surface area contributed by atoms with Crippen molar-refractivity contribution in [3.63, 3.8) is 0 Å². The Kier molecular flexibility index (Phi) is 10.8. The molecule has 2 N–H and O–H groups in total. The standard InChI is InChI=1S/C23H32N4O2.HI/c1-3-12-24-23(25-13-11-20-10-7-16-29-20)26-18-22(27-14-4-5-15-27)19-8-6-9-21(17-19)28-2;/h3,6-10,16-17,22H,1,4-5,11-15,18H2,2H3,(H2,24,25,26);1H. The average molecular weight is 524 g/mol. The van der Waals surface area contributed by atoms with E-state index in [0.717, 1.165) is 43.5 Å². The Balaban J connectivity index is 0.00000320. The van der Waals surface area contributed by atoms with E-state index in [9.17, 15) is 0 Å². The Hall–Kier alpha value is -2.00. The fourth-order valence-electron chi connectivity index (χ4n) is 3.61. The minimum absolute atomic E-state index is 0. The third-order valence-electron chi connectivity index (χ3n) is 5.14. The predicted octanol–water partition coefficient (Wildman–Crippen LogP) is 4.01. The number of guanidine groups is 1. The number of hydrogen-bond acceptors (Lipinski definition) is 4. The number of nitrogens with zero attached hydrogens (tertiary/aromatic N) is 2. The van der Waals surface area contributed by atoms with E-state index in [1.165, 1.54) is 18.4 Å². The molecule has 2 aromatic rings. The third kappa shape index (κ3) is 7.36. The van der Waals surface area contributed by atoms with Crippen molar-refractivity contribution in [2.24, 2.45) is 4.99 Å². The van der Waals surface area contributed by atoms with E-state index < -0.39 is 0 Å². The number of likely N-dealkylation sites (tertiary alicyclic amines) is 1. The first kappa shape index (κ1) is 24.3. The number of halogens is 1. The molecule has 7 heteroatoms. The smallest absolute Gasteiger partial charge is 0.191 e. The molecular formula is C23H33IN4O2. The van der Waals surface area contributed by atoms with Gasteiger partial charge in [-0.2, -0.15) is 0 Å². The quantitative estimate of drug-likeness (QED) is 0.213. The molecule has 0 aliphatic carbocycles. The molecule has 0 radical (unpaired) electrons. The molecule has 2 heterocycles. The van der Waals surface area contributed by atoms with E-state index in [1.807, 2.05) is 24.3 Å². The van der Waals surface area contributed by atoms with Gasteiger partial charge in [-0.25, -0.2) is 0 Å². The van der Waals surface area contributed by atoms with Crippen molar-refractivity contribution < 1.29 is 9.15 Å². The van der Waals surface area contributed by atoms with Gasteiger partial charge in [0.15, 0.2) is 5.96 Å². The van der Waals surface area contributed by atoms with E-state index in [1.54, 1.807) is 13.4 Å². The van der Waals surface area contributed by atoms with Crippen LogP contribution in [0.25, 0.3) is 0 Å². The highest BCUT2D eigenvalue weighted by Crippen LogP contribution is 2.27. The van der Waals surface area contributed by atoms with Gasteiger partial charge in [0.05, 0.1) is 26.0 Å². The van der Waals surface area contributed by atoms with Crippen LogP contribution in [0.2, 0.25) is 0 Å². The van der Waals surface area contributed by atoms with Crippen LogP contribution in [0, 0.1) is 0 Å². The zero-order chi connectivity index (χ0) is 20.3. The Morgan fingerprint density at radius 1 is 1.27 bits per heavy atom. The summed E-state index contributed by atoms with van der Waals surface area (Å²) in [4.78, 5) is 7.41. The van der Waals surface area contributed by atoms with Crippen LogP contribution in [0.1, 0.15) is 30.2 Å². The second-order valence-corrected chi connectivity index (χ2v) is 7.15. The molecule has 1 aliphatic heterocycles. The Bertz CT molecular complexity index is 773. The molecule has 1 aromatic heterocycles. The molecule has 1 aromatic carbocycles. The Labute approximate surface area is 196 Å². The summed E-state index contributed by atoms with van der Waals surface area (Å²) >= 11 is 0. The molecule has 0 spiro atoms. The molecule has 30 heavy (non-hydrogen) atoms. The number of nitrogens with one attached hydrogen (secondary N) is 2. The van der Waals surface area contributed by atoms with Gasteiger partial charge in [0.25, 0.3) is 0 Å². The maximum Gasteiger partial charge on any atom is 0.191 e. The summed E-state index contributed by atoms with van der Waals surface area (Å²) in [6.45, 7) is 8.12. The van der Waals surface area contributed by atoms with Crippen LogP contribution in [0.4, 0.5) is 0 Å². The van der Waals surface area contributed by atoms with Crippen molar-refractivity contribution in [3.8, 4) is 5.75 Å². The summed E-state index contributed by atoms with van der Waals surface area (Å²) < 4.78 is 10.8. The normalized spacial score (nSPS) is 15.3. The van der Waals surface area contributed by atoms with Crippen LogP contribution in [0.3, 0.4) is 0 Å². The van der Waals surface area contributed by atoms with Gasteiger partial charge in [0.1, 0.15) is 11.5 Å². The minimum atomic E-state index is 0. The van der Waals surface area contributed by atoms with Crippen molar-refractivity contribution in [1.82, 2.24) is 15.5 Å². The number of ether oxygens (including phenoxy) is 1. The van der Waals surface area contributed by atoms with Crippen molar-refractivity contribution in [2.75, 3.05) is 39.8 Å². The molecule has 1 atom stereocenters. The van der Waals surface area contributed by atoms with Gasteiger partial charge >= 0.3 is 0 Å². The largest absolute Gasteiger partial charge is 0.497 e. The number of hydrogen-bond donors (Lipinski definition) is 2. The molecule has 3 rings (SSSR count). The lowest BCUT2D eigenvalue weighted by molar-refractivity contribution is 0.251. The highest BCUT2D eigenvalue weighted by molar-refractivity contribution is 14.0. The zero-order valence-electron chi connectivity index (χ0n) is 17.7. The third-order valence-corrected chi connectivity index (χ3v) is 5.14. The van der Waals surface area contributed by atoms with E-state index in [0.29, 0.717) is 13.1 Å². The summed E-state index contributed by atoms with van der Waals surface area (Å²) in [5, 5.41) is 6.72. The minimum Gasteiger partial charge on any atom is -0.497 e. The molecule has 1 fully saturated rings. The van der Waals surface area contributed by atoms with Crippen molar-refractivity contribution in [2.45, 2.75) is 25.3 Å². The molecule has 164 valence electrons. The van der Waals surface area contributed by atoms with Gasteiger partial charge in [0.2, 0.25) is 0 Å².